The van der Waals surface area contributed by atoms with Gasteiger partial charge in [-0.1, -0.05) is 30.3 Å². The molecule has 0 aromatic heterocycles. The van der Waals surface area contributed by atoms with Crippen molar-refractivity contribution in [1.29, 1.82) is 0 Å². The van der Waals surface area contributed by atoms with Crippen LogP contribution in [0.25, 0.3) is 0 Å². The summed E-state index contributed by atoms with van der Waals surface area (Å²) in [5, 5.41) is 0. The van der Waals surface area contributed by atoms with E-state index in [9.17, 15) is 0 Å². The average Bonchev–Trinajstić information content (AvgIpc) is 2.46. The summed E-state index contributed by atoms with van der Waals surface area (Å²) in [7, 11) is 0. The highest BCUT2D eigenvalue weighted by molar-refractivity contribution is 7.80. The van der Waals surface area contributed by atoms with Gasteiger partial charge in [-0.3, -0.25) is 0 Å². The normalized spacial score (nSPS) is 21.7. The van der Waals surface area contributed by atoms with E-state index in [1.165, 1.54) is 18.4 Å². The van der Waals surface area contributed by atoms with Crippen LogP contribution < -0.4 is 0 Å². The molecule has 3 heteroatoms. The lowest BCUT2D eigenvalue weighted by Gasteiger charge is -2.23. The Morgan fingerprint density at radius 1 is 1.28 bits per heavy atom. The van der Waals surface area contributed by atoms with Crippen molar-refractivity contribution >= 4 is 12.6 Å². The van der Waals surface area contributed by atoms with Gasteiger partial charge in [0.25, 0.3) is 0 Å². The molecule has 1 saturated heterocycles. The van der Waals surface area contributed by atoms with Gasteiger partial charge in [-0.15, -0.1) is 0 Å². The van der Waals surface area contributed by atoms with E-state index >= 15 is 0 Å². The average molecular weight is 266 g/mol. The molecule has 0 spiro atoms. The smallest absolute Gasteiger partial charge is 0.0808 e. The number of hydrogen-bond donors (Lipinski definition) is 1. The third-order valence-electron chi connectivity index (χ3n) is 3.39. The summed E-state index contributed by atoms with van der Waals surface area (Å²) in [6.45, 7) is 2.34. The largest absolute Gasteiger partial charge is 0.378 e. The molecule has 1 aliphatic heterocycles. The zero-order valence-corrected chi connectivity index (χ0v) is 11.6. The number of hydrogen-bond acceptors (Lipinski definition) is 3. The fourth-order valence-corrected chi connectivity index (χ4v) is 2.58. The van der Waals surface area contributed by atoms with Crippen molar-refractivity contribution in [3.63, 3.8) is 0 Å². The summed E-state index contributed by atoms with van der Waals surface area (Å²) in [5.74, 6) is 1.19. The van der Waals surface area contributed by atoms with Gasteiger partial charge in [-0.05, 0) is 30.6 Å². The highest BCUT2D eigenvalue weighted by Gasteiger charge is 2.15. The molecule has 18 heavy (non-hydrogen) atoms. The minimum atomic E-state index is 0.301. The van der Waals surface area contributed by atoms with Gasteiger partial charge in [0.1, 0.15) is 0 Å². The van der Waals surface area contributed by atoms with Gasteiger partial charge in [0.05, 0.1) is 19.3 Å². The Bertz CT molecular complexity index is 323. The van der Waals surface area contributed by atoms with Gasteiger partial charge in [0.2, 0.25) is 0 Å². The van der Waals surface area contributed by atoms with Gasteiger partial charge < -0.3 is 9.47 Å². The predicted octanol–water partition coefficient (Wildman–Crippen LogP) is 3.29. The molecule has 1 fully saturated rings. The Kier molecular flexibility index (Phi) is 6.05. The molecular formula is C15H22O2S. The molecule has 2 atom stereocenters. The monoisotopic (exact) mass is 266 g/mol. The first kappa shape index (κ1) is 13.9. The predicted molar refractivity (Wildman–Crippen MR) is 77.4 cm³/mol. The summed E-state index contributed by atoms with van der Waals surface area (Å²) >= 11 is 4.42. The first-order chi connectivity index (χ1) is 8.90. The molecule has 1 aromatic rings. The molecule has 0 saturated carbocycles. The number of ether oxygens (including phenoxy) is 2. The fourth-order valence-electron chi connectivity index (χ4n) is 2.26. The van der Waals surface area contributed by atoms with Gasteiger partial charge in [0.15, 0.2) is 0 Å². The summed E-state index contributed by atoms with van der Waals surface area (Å²) in [6, 6.07) is 10.4. The van der Waals surface area contributed by atoms with Crippen LogP contribution in [-0.4, -0.2) is 31.7 Å². The minimum absolute atomic E-state index is 0.301. The molecule has 0 radical (unpaired) electrons. The lowest BCUT2D eigenvalue weighted by Crippen LogP contribution is -2.25. The molecule has 0 aliphatic carbocycles. The van der Waals surface area contributed by atoms with Crippen LogP contribution in [0.1, 0.15) is 30.7 Å². The van der Waals surface area contributed by atoms with Crippen molar-refractivity contribution in [2.24, 2.45) is 0 Å². The Labute approximate surface area is 115 Å². The van der Waals surface area contributed by atoms with Crippen molar-refractivity contribution in [2.45, 2.75) is 31.3 Å². The number of thiol groups is 1. The van der Waals surface area contributed by atoms with E-state index in [0.29, 0.717) is 12.0 Å². The molecule has 0 bridgehead atoms. The zero-order chi connectivity index (χ0) is 12.6. The molecule has 1 aromatic carbocycles. The quantitative estimate of drug-likeness (QED) is 0.797. The highest BCUT2D eigenvalue weighted by Crippen LogP contribution is 2.18. The molecular weight excluding hydrogens is 244 g/mol. The van der Waals surface area contributed by atoms with E-state index in [4.69, 9.17) is 9.47 Å². The Morgan fingerprint density at radius 2 is 2.11 bits per heavy atom. The standard InChI is InChI=1S/C15H22O2S/c18-12-14(13-6-2-1-3-7-13)10-16-11-15-8-4-5-9-17-15/h1-3,6-7,14-15,18H,4-5,8-12H2. The summed E-state index contributed by atoms with van der Waals surface area (Å²) in [6.07, 6.45) is 3.90. The lowest BCUT2D eigenvalue weighted by molar-refractivity contribution is -0.0422. The van der Waals surface area contributed by atoms with Crippen LogP contribution in [-0.2, 0) is 9.47 Å². The van der Waals surface area contributed by atoms with Crippen molar-refractivity contribution in [3.05, 3.63) is 35.9 Å². The van der Waals surface area contributed by atoms with Gasteiger partial charge in [0, 0.05) is 12.5 Å². The van der Waals surface area contributed by atoms with E-state index in [1.54, 1.807) is 0 Å². The first-order valence-corrected chi connectivity index (χ1v) is 7.38. The fraction of sp³-hybridized carbons (Fsp3) is 0.600. The maximum atomic E-state index is 5.81. The van der Waals surface area contributed by atoms with Crippen LogP contribution >= 0.6 is 12.6 Å². The van der Waals surface area contributed by atoms with E-state index < -0.39 is 0 Å². The summed E-state index contributed by atoms with van der Waals surface area (Å²) in [5.41, 5.74) is 1.30. The maximum Gasteiger partial charge on any atom is 0.0808 e. The zero-order valence-electron chi connectivity index (χ0n) is 10.8. The third kappa shape index (κ3) is 4.30. The third-order valence-corrected chi connectivity index (χ3v) is 3.83. The van der Waals surface area contributed by atoms with Crippen molar-refractivity contribution < 1.29 is 9.47 Å². The molecule has 0 amide bonds. The maximum absolute atomic E-state index is 5.81. The van der Waals surface area contributed by atoms with Crippen molar-refractivity contribution in [2.75, 3.05) is 25.6 Å². The molecule has 2 nitrogen and oxygen atoms in total. The molecule has 1 aliphatic rings. The number of rotatable bonds is 6. The van der Waals surface area contributed by atoms with Crippen molar-refractivity contribution in [3.8, 4) is 0 Å². The number of benzene rings is 1. The Balaban J connectivity index is 1.73. The second-order valence-corrected chi connectivity index (χ2v) is 5.18. The van der Waals surface area contributed by atoms with E-state index in [0.717, 1.165) is 32.0 Å². The van der Waals surface area contributed by atoms with Crippen LogP contribution in [0.4, 0.5) is 0 Å². The van der Waals surface area contributed by atoms with Crippen LogP contribution in [0, 0.1) is 0 Å². The second-order valence-electron chi connectivity index (χ2n) is 4.82. The first-order valence-electron chi connectivity index (χ1n) is 6.75. The topological polar surface area (TPSA) is 18.5 Å². The molecule has 100 valence electrons. The highest BCUT2D eigenvalue weighted by atomic mass is 32.1. The minimum Gasteiger partial charge on any atom is -0.378 e. The van der Waals surface area contributed by atoms with Crippen LogP contribution in [0.2, 0.25) is 0 Å². The van der Waals surface area contributed by atoms with Gasteiger partial charge in [-0.2, -0.15) is 12.6 Å². The Hall–Kier alpha value is -0.510. The second kappa shape index (κ2) is 7.82. The van der Waals surface area contributed by atoms with Crippen molar-refractivity contribution in [1.82, 2.24) is 0 Å². The molecule has 2 rings (SSSR count). The van der Waals surface area contributed by atoms with E-state index in [1.807, 2.05) is 6.07 Å². The summed E-state index contributed by atoms with van der Waals surface area (Å²) < 4.78 is 11.5. The molecule has 0 N–H and O–H groups in total. The summed E-state index contributed by atoms with van der Waals surface area (Å²) in [4.78, 5) is 0. The lowest BCUT2D eigenvalue weighted by atomic mass is 10.0. The van der Waals surface area contributed by atoms with Crippen LogP contribution in [0.5, 0.6) is 0 Å². The van der Waals surface area contributed by atoms with Crippen LogP contribution in [0.15, 0.2) is 30.3 Å². The Morgan fingerprint density at radius 3 is 2.78 bits per heavy atom. The van der Waals surface area contributed by atoms with Gasteiger partial charge >= 0.3 is 0 Å². The SMILES string of the molecule is SCC(COCC1CCCCO1)c1ccccc1. The molecule has 1 heterocycles. The van der Waals surface area contributed by atoms with Gasteiger partial charge in [-0.25, -0.2) is 0 Å². The van der Waals surface area contributed by atoms with Crippen LogP contribution in [0.3, 0.4) is 0 Å². The van der Waals surface area contributed by atoms with E-state index in [2.05, 4.69) is 36.9 Å². The van der Waals surface area contributed by atoms with E-state index in [-0.39, 0.29) is 0 Å². The molecule has 2 unspecified atom stereocenters.